The van der Waals surface area contributed by atoms with Gasteiger partial charge in [0.05, 0.1) is 14.2 Å². The van der Waals surface area contributed by atoms with Gasteiger partial charge in [0.2, 0.25) is 15.4 Å². The Kier molecular flexibility index (Phi) is 7.11. The van der Waals surface area contributed by atoms with Gasteiger partial charge in [0, 0.05) is 12.5 Å². The Morgan fingerprint density at radius 3 is 2.48 bits per heavy atom. The molecule has 1 unspecified atom stereocenters. The lowest BCUT2D eigenvalue weighted by molar-refractivity contribution is -0.115. The molecular formula is C16H22N4O5S2. The molecule has 2 rings (SSSR count). The number of ether oxygens (including phenoxy) is 2. The van der Waals surface area contributed by atoms with Crippen molar-refractivity contribution in [1.82, 2.24) is 14.9 Å². The molecule has 0 aliphatic carbocycles. The second-order valence-electron chi connectivity index (χ2n) is 5.47. The van der Waals surface area contributed by atoms with E-state index in [-0.39, 0.29) is 21.8 Å². The Hall–Kier alpha value is -2.24. The van der Waals surface area contributed by atoms with Crippen LogP contribution in [0.25, 0.3) is 0 Å². The molecule has 1 atom stereocenters. The molecule has 0 spiro atoms. The third kappa shape index (κ3) is 5.15. The number of anilines is 1. The molecule has 0 aliphatic heterocycles. The number of hydrogen-bond donors (Lipinski definition) is 2. The van der Waals surface area contributed by atoms with Crippen LogP contribution in [0.1, 0.15) is 38.3 Å². The maximum atomic E-state index is 12.6. The summed E-state index contributed by atoms with van der Waals surface area (Å²) in [5.74, 6) is 0.798. The first-order valence-corrected chi connectivity index (χ1v) is 10.5. The molecule has 0 saturated heterocycles. The lowest BCUT2D eigenvalue weighted by atomic mass is 10.1. The molecule has 1 amide bonds. The number of aromatic nitrogens is 2. The lowest BCUT2D eigenvalue weighted by Gasteiger charge is -2.18. The van der Waals surface area contributed by atoms with Crippen molar-refractivity contribution in [3.8, 4) is 11.5 Å². The summed E-state index contributed by atoms with van der Waals surface area (Å²) in [7, 11) is -0.861. The Bertz CT molecular complexity index is 898. The molecule has 9 nitrogen and oxygen atoms in total. The van der Waals surface area contributed by atoms with Gasteiger partial charge in [0.1, 0.15) is 0 Å². The summed E-state index contributed by atoms with van der Waals surface area (Å²) >= 11 is 0.796. The predicted molar refractivity (Wildman–Crippen MR) is 102 cm³/mol. The highest BCUT2D eigenvalue weighted by molar-refractivity contribution is 7.91. The summed E-state index contributed by atoms with van der Waals surface area (Å²) < 4.78 is 38.2. The van der Waals surface area contributed by atoms with Crippen LogP contribution in [0.4, 0.5) is 5.13 Å². The summed E-state index contributed by atoms with van der Waals surface area (Å²) in [5, 5.41) is 10.0. The third-order valence-corrected chi connectivity index (χ3v) is 6.40. The minimum Gasteiger partial charge on any atom is -0.493 e. The van der Waals surface area contributed by atoms with Crippen molar-refractivity contribution in [2.24, 2.45) is 0 Å². The normalized spacial score (nSPS) is 12.4. The van der Waals surface area contributed by atoms with Crippen molar-refractivity contribution in [3.05, 3.63) is 23.8 Å². The number of sulfonamides is 1. The Morgan fingerprint density at radius 1 is 1.19 bits per heavy atom. The fraction of sp³-hybridized carbons (Fsp3) is 0.438. The van der Waals surface area contributed by atoms with E-state index in [1.807, 2.05) is 6.92 Å². The van der Waals surface area contributed by atoms with Gasteiger partial charge in [0.25, 0.3) is 10.0 Å². The first-order valence-electron chi connectivity index (χ1n) is 8.22. The van der Waals surface area contributed by atoms with Crippen LogP contribution in [0.2, 0.25) is 0 Å². The largest absolute Gasteiger partial charge is 0.493 e. The zero-order valence-electron chi connectivity index (χ0n) is 15.5. The lowest BCUT2D eigenvalue weighted by Crippen LogP contribution is -2.28. The number of methoxy groups -OCH3 is 2. The van der Waals surface area contributed by atoms with E-state index in [2.05, 4.69) is 20.2 Å². The number of nitrogens with zero attached hydrogens (tertiary/aromatic N) is 2. The van der Waals surface area contributed by atoms with Gasteiger partial charge in [-0.15, -0.1) is 10.2 Å². The number of benzene rings is 1. The monoisotopic (exact) mass is 414 g/mol. The zero-order chi connectivity index (χ0) is 20.0. The van der Waals surface area contributed by atoms with E-state index in [0.717, 1.165) is 16.9 Å². The van der Waals surface area contributed by atoms with Crippen LogP contribution in [-0.2, 0) is 14.8 Å². The first kappa shape index (κ1) is 21.1. The fourth-order valence-corrected chi connectivity index (χ4v) is 4.51. The third-order valence-electron chi connectivity index (χ3n) is 3.72. The molecule has 0 aliphatic rings. The molecule has 148 valence electrons. The van der Waals surface area contributed by atoms with Crippen molar-refractivity contribution in [1.29, 1.82) is 0 Å². The molecule has 2 aromatic rings. The molecule has 0 radical (unpaired) electrons. The van der Waals surface area contributed by atoms with Crippen molar-refractivity contribution in [3.63, 3.8) is 0 Å². The van der Waals surface area contributed by atoms with E-state index in [1.165, 1.54) is 14.2 Å². The molecule has 0 fully saturated rings. The van der Waals surface area contributed by atoms with Gasteiger partial charge in [-0.05, 0) is 24.1 Å². The standard InChI is InChI=1S/C16H22N4O5S2/c1-5-11(10-7-8-12(24-3)13(9-10)25-4)20-27(22,23)16-19-18-15(26-16)17-14(21)6-2/h7-9,11,20H,5-6H2,1-4H3,(H,17,18,21). The maximum Gasteiger partial charge on any atom is 0.270 e. The van der Waals surface area contributed by atoms with Gasteiger partial charge in [-0.2, -0.15) is 0 Å². The number of amides is 1. The summed E-state index contributed by atoms with van der Waals surface area (Å²) in [6, 6.07) is 4.72. The quantitative estimate of drug-likeness (QED) is 0.604. The van der Waals surface area contributed by atoms with Crippen molar-refractivity contribution < 1.29 is 22.7 Å². The average Bonchev–Trinajstić information content (AvgIpc) is 3.14. The van der Waals surface area contributed by atoms with Crippen LogP contribution >= 0.6 is 11.3 Å². The number of nitrogens with one attached hydrogen (secondary N) is 2. The average molecular weight is 415 g/mol. The fourth-order valence-electron chi connectivity index (χ4n) is 2.27. The van der Waals surface area contributed by atoms with Crippen LogP contribution in [0.5, 0.6) is 11.5 Å². The minimum atomic E-state index is -3.91. The molecule has 2 N–H and O–H groups in total. The Labute approximate surface area is 162 Å². The van der Waals surface area contributed by atoms with E-state index < -0.39 is 16.1 Å². The van der Waals surface area contributed by atoms with Gasteiger partial charge >= 0.3 is 0 Å². The summed E-state index contributed by atoms with van der Waals surface area (Å²) in [6.07, 6.45) is 0.768. The Balaban J connectivity index is 2.23. The van der Waals surface area contributed by atoms with Crippen LogP contribution in [0.15, 0.2) is 22.5 Å². The topological polar surface area (TPSA) is 120 Å². The van der Waals surface area contributed by atoms with E-state index in [1.54, 1.807) is 25.1 Å². The molecule has 1 heterocycles. The molecule has 1 aromatic carbocycles. The van der Waals surface area contributed by atoms with E-state index in [0.29, 0.717) is 17.9 Å². The number of carbonyl (C=O) groups is 1. The smallest absolute Gasteiger partial charge is 0.270 e. The SMILES string of the molecule is CCC(=O)Nc1nnc(S(=O)(=O)NC(CC)c2ccc(OC)c(OC)c2)s1. The Morgan fingerprint density at radius 2 is 1.89 bits per heavy atom. The van der Waals surface area contributed by atoms with E-state index in [4.69, 9.17) is 9.47 Å². The van der Waals surface area contributed by atoms with E-state index in [9.17, 15) is 13.2 Å². The van der Waals surface area contributed by atoms with Crippen LogP contribution in [-0.4, -0.2) is 38.7 Å². The van der Waals surface area contributed by atoms with E-state index >= 15 is 0 Å². The maximum absolute atomic E-state index is 12.6. The van der Waals surface area contributed by atoms with Gasteiger partial charge < -0.3 is 14.8 Å². The number of rotatable bonds is 9. The van der Waals surface area contributed by atoms with Crippen LogP contribution in [0.3, 0.4) is 0 Å². The summed E-state index contributed by atoms with van der Waals surface area (Å²) in [4.78, 5) is 11.4. The molecule has 27 heavy (non-hydrogen) atoms. The van der Waals surface area contributed by atoms with Crippen molar-refractivity contribution in [2.75, 3.05) is 19.5 Å². The number of hydrogen-bond acceptors (Lipinski definition) is 8. The summed E-state index contributed by atoms with van der Waals surface area (Å²) in [5.41, 5.74) is 0.725. The highest BCUT2D eigenvalue weighted by atomic mass is 32.2. The molecule has 0 saturated carbocycles. The second-order valence-corrected chi connectivity index (χ2v) is 8.34. The molecule has 0 bridgehead atoms. The molecule has 11 heteroatoms. The second kappa shape index (κ2) is 9.11. The van der Waals surface area contributed by atoms with Gasteiger partial charge in [-0.25, -0.2) is 13.1 Å². The van der Waals surface area contributed by atoms with Crippen LogP contribution in [0, 0.1) is 0 Å². The van der Waals surface area contributed by atoms with Crippen LogP contribution < -0.4 is 19.5 Å². The molecule has 1 aromatic heterocycles. The van der Waals surface area contributed by atoms with Gasteiger partial charge in [-0.3, -0.25) is 4.79 Å². The van der Waals surface area contributed by atoms with Crippen molar-refractivity contribution in [2.45, 2.75) is 37.1 Å². The minimum absolute atomic E-state index is 0.140. The predicted octanol–water partition coefficient (Wildman–Crippen LogP) is 2.33. The van der Waals surface area contributed by atoms with Gasteiger partial charge in [-0.1, -0.05) is 31.3 Å². The van der Waals surface area contributed by atoms with Crippen molar-refractivity contribution >= 4 is 32.4 Å². The van der Waals surface area contributed by atoms with Gasteiger partial charge in [0.15, 0.2) is 11.5 Å². The molecular weight excluding hydrogens is 392 g/mol. The zero-order valence-corrected chi connectivity index (χ0v) is 17.1. The summed E-state index contributed by atoms with van der Waals surface area (Å²) in [6.45, 7) is 3.54. The highest BCUT2D eigenvalue weighted by Crippen LogP contribution is 2.32. The number of carbonyl (C=O) groups excluding carboxylic acids is 1. The first-order chi connectivity index (χ1) is 12.8. The highest BCUT2D eigenvalue weighted by Gasteiger charge is 2.25.